The van der Waals surface area contributed by atoms with Crippen LogP contribution in [-0.4, -0.2) is 38.0 Å². The van der Waals surface area contributed by atoms with E-state index in [-0.39, 0.29) is 20.5 Å². The van der Waals surface area contributed by atoms with Crippen molar-refractivity contribution in [1.29, 1.82) is 0 Å². The monoisotopic (exact) mass is 434 g/mol. The van der Waals surface area contributed by atoms with Crippen molar-refractivity contribution in [2.45, 2.75) is 22.0 Å². The zero-order valence-corrected chi connectivity index (χ0v) is 17.1. The fourth-order valence-electron chi connectivity index (χ4n) is 2.03. The number of nitrogens with one attached hydrogen (secondary N) is 1. The smallest absolute Gasteiger partial charge is 0.244 e. The summed E-state index contributed by atoms with van der Waals surface area (Å²) in [7, 11) is -1.05. The highest BCUT2D eigenvalue weighted by Gasteiger charge is 2.22. The number of benzene rings is 2. The van der Waals surface area contributed by atoms with E-state index in [0.29, 0.717) is 0 Å². The summed E-state index contributed by atoms with van der Waals surface area (Å²) in [4.78, 5) is 12.3. The summed E-state index contributed by atoms with van der Waals surface area (Å²) >= 11 is 6.88. The van der Waals surface area contributed by atoms with Gasteiger partial charge in [0.25, 0.3) is 0 Å². The first-order valence-electron chi connectivity index (χ1n) is 7.67. The first-order valence-corrected chi connectivity index (χ1v) is 10.4. The molecule has 1 N–H and O–H groups in total. The van der Waals surface area contributed by atoms with Crippen LogP contribution in [-0.2, 0) is 14.8 Å². The van der Waals surface area contributed by atoms with Gasteiger partial charge in [-0.2, -0.15) is 0 Å². The maximum atomic E-state index is 13.7. The van der Waals surface area contributed by atoms with Crippen LogP contribution in [0.3, 0.4) is 0 Å². The summed E-state index contributed by atoms with van der Waals surface area (Å²) in [6.07, 6.45) is 0. The van der Waals surface area contributed by atoms with Crippen molar-refractivity contribution in [3.8, 4) is 0 Å². The minimum absolute atomic E-state index is 0.0255. The van der Waals surface area contributed by atoms with Crippen molar-refractivity contribution >= 4 is 45.0 Å². The molecule has 5 nitrogen and oxygen atoms in total. The molecule has 0 saturated heterocycles. The highest BCUT2D eigenvalue weighted by molar-refractivity contribution is 8.00. The van der Waals surface area contributed by atoms with Crippen LogP contribution < -0.4 is 5.32 Å². The highest BCUT2D eigenvalue weighted by atomic mass is 35.5. The number of sulfonamides is 1. The summed E-state index contributed by atoms with van der Waals surface area (Å²) in [5.74, 6) is -1.94. The van der Waals surface area contributed by atoms with E-state index in [9.17, 15) is 22.0 Å². The molecule has 0 aliphatic rings. The lowest BCUT2D eigenvalue weighted by Gasteiger charge is -2.16. The van der Waals surface area contributed by atoms with Crippen LogP contribution in [0.2, 0.25) is 5.02 Å². The standard InChI is InChI=1S/C17H17ClF2N2O3S2/c1-10(26-15-7-4-11(19)8-14(15)20)17(23)21-12-5-6-13(18)16(9-12)27(24,25)22(2)3/h4-10H,1-3H3,(H,21,23). The van der Waals surface area contributed by atoms with Gasteiger partial charge in [0.1, 0.15) is 16.5 Å². The molecular formula is C17H17ClF2N2O3S2. The number of anilines is 1. The maximum Gasteiger partial charge on any atom is 0.244 e. The molecule has 146 valence electrons. The minimum atomic E-state index is -3.78. The van der Waals surface area contributed by atoms with Crippen LogP contribution in [0, 0.1) is 11.6 Å². The number of nitrogens with zero attached hydrogens (tertiary/aromatic N) is 1. The molecule has 27 heavy (non-hydrogen) atoms. The summed E-state index contributed by atoms with van der Waals surface area (Å²) in [5, 5.41) is 1.89. The molecule has 0 spiro atoms. The van der Waals surface area contributed by atoms with Gasteiger partial charge in [-0.15, -0.1) is 11.8 Å². The highest BCUT2D eigenvalue weighted by Crippen LogP contribution is 2.29. The molecule has 1 unspecified atom stereocenters. The fourth-order valence-corrected chi connectivity index (χ4v) is 4.29. The lowest BCUT2D eigenvalue weighted by atomic mass is 10.3. The zero-order valence-electron chi connectivity index (χ0n) is 14.7. The first-order chi connectivity index (χ1) is 12.5. The number of rotatable bonds is 6. The van der Waals surface area contributed by atoms with E-state index in [0.717, 1.165) is 28.2 Å². The Bertz CT molecular complexity index is 969. The molecular weight excluding hydrogens is 418 g/mol. The second-order valence-electron chi connectivity index (χ2n) is 5.76. The molecule has 0 heterocycles. The number of thioether (sulfide) groups is 1. The number of amides is 1. The SMILES string of the molecule is CC(Sc1ccc(F)cc1F)C(=O)Nc1ccc(Cl)c(S(=O)(=O)N(C)C)c1. The number of hydrogen-bond donors (Lipinski definition) is 1. The van der Waals surface area contributed by atoms with Crippen LogP contribution in [0.5, 0.6) is 0 Å². The van der Waals surface area contributed by atoms with Gasteiger partial charge in [-0.05, 0) is 37.3 Å². The Labute approximate surface area is 165 Å². The van der Waals surface area contributed by atoms with Gasteiger partial charge in [0.15, 0.2) is 0 Å². The fraction of sp³-hybridized carbons (Fsp3) is 0.235. The lowest BCUT2D eigenvalue weighted by molar-refractivity contribution is -0.115. The van der Waals surface area contributed by atoms with Gasteiger partial charge in [-0.25, -0.2) is 21.5 Å². The van der Waals surface area contributed by atoms with Gasteiger partial charge >= 0.3 is 0 Å². The summed E-state index contributed by atoms with van der Waals surface area (Å²) < 4.78 is 52.3. The lowest BCUT2D eigenvalue weighted by Crippen LogP contribution is -2.24. The number of halogens is 3. The van der Waals surface area contributed by atoms with E-state index in [2.05, 4.69) is 5.32 Å². The third kappa shape index (κ3) is 5.19. The summed E-state index contributed by atoms with van der Waals surface area (Å²) in [5.41, 5.74) is 0.233. The topological polar surface area (TPSA) is 66.5 Å². The van der Waals surface area contributed by atoms with Gasteiger partial charge < -0.3 is 5.32 Å². The number of carbonyl (C=O) groups is 1. The first kappa shape index (κ1) is 21.6. The van der Waals surface area contributed by atoms with Crippen LogP contribution >= 0.6 is 23.4 Å². The second-order valence-corrected chi connectivity index (χ2v) is 9.67. The summed E-state index contributed by atoms with van der Waals surface area (Å²) in [6, 6.07) is 7.18. The van der Waals surface area contributed by atoms with Crippen LogP contribution in [0.25, 0.3) is 0 Å². The van der Waals surface area contributed by atoms with E-state index in [1.165, 1.54) is 38.4 Å². The van der Waals surface area contributed by atoms with Crippen molar-refractivity contribution in [2.75, 3.05) is 19.4 Å². The van der Waals surface area contributed by atoms with Crippen molar-refractivity contribution in [3.63, 3.8) is 0 Å². The Hall–Kier alpha value is -1.68. The Morgan fingerprint density at radius 2 is 1.85 bits per heavy atom. The molecule has 0 aromatic heterocycles. The molecule has 2 rings (SSSR count). The predicted octanol–water partition coefficient (Wildman–Crippen LogP) is 3.99. The van der Waals surface area contributed by atoms with Gasteiger partial charge in [0.05, 0.1) is 10.3 Å². The number of hydrogen-bond acceptors (Lipinski definition) is 4. The van der Waals surface area contributed by atoms with Crippen molar-refractivity contribution < 1.29 is 22.0 Å². The van der Waals surface area contributed by atoms with E-state index in [1.807, 2.05) is 0 Å². The van der Waals surface area contributed by atoms with Crippen molar-refractivity contribution in [3.05, 3.63) is 53.1 Å². The van der Waals surface area contributed by atoms with Gasteiger partial charge in [0, 0.05) is 30.7 Å². The number of carbonyl (C=O) groups excluding carboxylic acids is 1. The van der Waals surface area contributed by atoms with Crippen molar-refractivity contribution in [2.24, 2.45) is 0 Å². The second kappa shape index (κ2) is 8.55. The molecule has 2 aromatic rings. The normalized spacial score (nSPS) is 12.9. The Morgan fingerprint density at radius 3 is 2.44 bits per heavy atom. The Kier molecular flexibility index (Phi) is 6.85. The van der Waals surface area contributed by atoms with Gasteiger partial charge in [-0.3, -0.25) is 4.79 Å². The van der Waals surface area contributed by atoms with Gasteiger partial charge in [0.2, 0.25) is 15.9 Å². The molecule has 0 aliphatic heterocycles. The van der Waals surface area contributed by atoms with E-state index in [1.54, 1.807) is 6.92 Å². The van der Waals surface area contributed by atoms with E-state index >= 15 is 0 Å². The van der Waals surface area contributed by atoms with Gasteiger partial charge in [-0.1, -0.05) is 11.6 Å². The maximum absolute atomic E-state index is 13.7. The Balaban J connectivity index is 2.18. The van der Waals surface area contributed by atoms with Crippen molar-refractivity contribution in [1.82, 2.24) is 4.31 Å². The largest absolute Gasteiger partial charge is 0.325 e. The van der Waals surface area contributed by atoms with E-state index < -0.39 is 32.8 Å². The molecule has 0 saturated carbocycles. The molecule has 0 fully saturated rings. The summed E-state index contributed by atoms with van der Waals surface area (Å²) in [6.45, 7) is 1.55. The third-order valence-corrected chi connectivity index (χ3v) is 6.97. The van der Waals surface area contributed by atoms with Crippen LogP contribution in [0.1, 0.15) is 6.92 Å². The molecule has 0 bridgehead atoms. The molecule has 10 heteroatoms. The third-order valence-electron chi connectivity index (χ3n) is 3.52. The molecule has 1 amide bonds. The quantitative estimate of drug-likeness (QED) is 0.698. The average molecular weight is 435 g/mol. The van der Waals surface area contributed by atoms with Crippen LogP contribution in [0.4, 0.5) is 14.5 Å². The average Bonchev–Trinajstić information content (AvgIpc) is 2.58. The minimum Gasteiger partial charge on any atom is -0.325 e. The molecule has 0 aliphatic carbocycles. The Morgan fingerprint density at radius 1 is 1.19 bits per heavy atom. The molecule has 2 aromatic carbocycles. The molecule has 1 atom stereocenters. The predicted molar refractivity (Wildman–Crippen MR) is 103 cm³/mol. The van der Waals surface area contributed by atoms with E-state index in [4.69, 9.17) is 11.6 Å². The van der Waals surface area contributed by atoms with Crippen LogP contribution in [0.15, 0.2) is 46.2 Å². The zero-order chi connectivity index (χ0) is 20.4. The molecule has 0 radical (unpaired) electrons.